The number of halogens is 2. The van der Waals surface area contributed by atoms with Gasteiger partial charge in [0.1, 0.15) is 11.6 Å². The van der Waals surface area contributed by atoms with Gasteiger partial charge in [0.15, 0.2) is 11.5 Å². The molecule has 0 aliphatic heterocycles. The predicted octanol–water partition coefficient (Wildman–Crippen LogP) is 9.14. The quantitative estimate of drug-likeness (QED) is 0.207. The molecule has 0 saturated heterocycles. The molecular weight excluding hydrogens is 563 g/mol. The molecule has 1 aromatic heterocycles. The number of hydrogen-bond acceptors (Lipinski definition) is 5. The Balaban J connectivity index is 1.41. The lowest BCUT2D eigenvalue weighted by molar-refractivity contribution is 0.102. The lowest BCUT2D eigenvalue weighted by Gasteiger charge is -2.14. The fourth-order valence-corrected chi connectivity index (χ4v) is 6.57. The number of amides is 1. The van der Waals surface area contributed by atoms with Crippen LogP contribution in [0, 0.1) is 13.8 Å². The predicted molar refractivity (Wildman–Crippen MR) is 166 cm³/mol. The van der Waals surface area contributed by atoms with E-state index in [0.717, 1.165) is 59.2 Å². The first kappa shape index (κ1) is 28.2. The maximum Gasteiger partial charge on any atom is 0.259 e. The van der Waals surface area contributed by atoms with Crippen molar-refractivity contribution in [1.29, 1.82) is 0 Å². The second kappa shape index (κ2) is 12.5. The number of benzene rings is 3. The molecule has 1 aliphatic rings. The first-order chi connectivity index (χ1) is 19.3. The number of aryl methyl sites for hydroxylation is 3. The summed E-state index contributed by atoms with van der Waals surface area (Å²) in [6.07, 6.45) is 5.78. The summed E-state index contributed by atoms with van der Waals surface area (Å²) in [5, 5.41) is 4.89. The molecule has 0 saturated carbocycles. The van der Waals surface area contributed by atoms with E-state index in [2.05, 4.69) is 11.4 Å². The fraction of sp³-hybridized carbons (Fsp3) is 0.250. The molecule has 1 aliphatic carbocycles. The van der Waals surface area contributed by atoms with Gasteiger partial charge in [0.05, 0.1) is 17.7 Å². The van der Waals surface area contributed by atoms with E-state index >= 15 is 0 Å². The normalized spacial score (nSPS) is 12.8. The van der Waals surface area contributed by atoms with Gasteiger partial charge in [-0.05, 0) is 104 Å². The molecule has 8 heteroatoms. The van der Waals surface area contributed by atoms with E-state index in [1.54, 1.807) is 30.7 Å². The van der Waals surface area contributed by atoms with Gasteiger partial charge < -0.3 is 14.8 Å². The van der Waals surface area contributed by atoms with Crippen LogP contribution in [-0.4, -0.2) is 19.2 Å². The van der Waals surface area contributed by atoms with Crippen molar-refractivity contribution in [2.75, 3.05) is 12.4 Å². The molecular formula is C32H30Cl2N2O3S. The molecule has 5 rings (SSSR count). The Morgan fingerprint density at radius 2 is 1.75 bits per heavy atom. The summed E-state index contributed by atoms with van der Waals surface area (Å²) in [6, 6.07) is 17.1. The number of hydrogen-bond donors (Lipinski definition) is 1. The largest absolute Gasteiger partial charge is 0.493 e. The van der Waals surface area contributed by atoms with Crippen LogP contribution in [0.15, 0.2) is 59.6 Å². The molecule has 0 radical (unpaired) electrons. The zero-order valence-electron chi connectivity index (χ0n) is 22.6. The molecule has 1 amide bonds. The zero-order chi connectivity index (χ0) is 28.2. The van der Waals surface area contributed by atoms with Gasteiger partial charge in [0.2, 0.25) is 0 Å². The minimum absolute atomic E-state index is 0.127. The molecule has 0 unspecified atom stereocenters. The Bertz CT molecular complexity index is 1560. The number of aliphatic imine (C=N–C) groups is 1. The average molecular weight is 594 g/mol. The topological polar surface area (TPSA) is 59.9 Å². The summed E-state index contributed by atoms with van der Waals surface area (Å²) >= 11 is 14.2. The first-order valence-corrected chi connectivity index (χ1v) is 14.7. The first-order valence-electron chi connectivity index (χ1n) is 13.1. The number of methoxy groups -OCH3 is 1. The third-order valence-corrected chi connectivity index (χ3v) is 8.47. The molecule has 1 N–H and O–H groups in total. The van der Waals surface area contributed by atoms with E-state index in [1.165, 1.54) is 4.88 Å². The summed E-state index contributed by atoms with van der Waals surface area (Å²) in [5.74, 6) is 0.829. The van der Waals surface area contributed by atoms with Crippen LogP contribution in [0.3, 0.4) is 0 Å². The molecule has 0 atom stereocenters. The Morgan fingerprint density at radius 3 is 2.48 bits per heavy atom. The summed E-state index contributed by atoms with van der Waals surface area (Å²) in [6.45, 7) is 4.37. The summed E-state index contributed by atoms with van der Waals surface area (Å²) < 4.78 is 11.6. The molecule has 4 aromatic rings. The average Bonchev–Trinajstić information content (AvgIpc) is 3.30. The number of anilines is 1. The second-order valence-corrected chi connectivity index (χ2v) is 11.9. The molecule has 3 aromatic carbocycles. The SMILES string of the molecule is COc1cc(C=Nc2sc3c(c2C(=O)Nc2cc(C)cc(C)c2)CCCC3)cc(Cl)c1OCc1ccc(Cl)cc1. The second-order valence-electron chi connectivity index (χ2n) is 9.93. The Labute approximate surface area is 248 Å². The number of rotatable bonds is 8. The highest BCUT2D eigenvalue weighted by atomic mass is 35.5. The van der Waals surface area contributed by atoms with Crippen molar-refractivity contribution in [2.45, 2.75) is 46.1 Å². The zero-order valence-corrected chi connectivity index (χ0v) is 25.0. The van der Waals surface area contributed by atoms with Crippen molar-refractivity contribution in [3.8, 4) is 11.5 Å². The maximum absolute atomic E-state index is 13.6. The summed E-state index contributed by atoms with van der Waals surface area (Å²) in [4.78, 5) is 19.6. The molecule has 1 heterocycles. The fourth-order valence-electron chi connectivity index (χ4n) is 4.94. The van der Waals surface area contributed by atoms with Crippen molar-refractivity contribution in [3.05, 3.63) is 103 Å². The third kappa shape index (κ3) is 6.52. The minimum atomic E-state index is -0.127. The van der Waals surface area contributed by atoms with Crippen LogP contribution in [0.4, 0.5) is 10.7 Å². The van der Waals surface area contributed by atoms with E-state index in [0.29, 0.717) is 38.7 Å². The van der Waals surface area contributed by atoms with Crippen molar-refractivity contribution >= 4 is 57.3 Å². The molecule has 40 heavy (non-hydrogen) atoms. The van der Waals surface area contributed by atoms with Crippen LogP contribution in [0.1, 0.15) is 55.9 Å². The van der Waals surface area contributed by atoms with Gasteiger partial charge >= 0.3 is 0 Å². The smallest absolute Gasteiger partial charge is 0.259 e. The van der Waals surface area contributed by atoms with Crippen LogP contribution in [0.5, 0.6) is 11.5 Å². The van der Waals surface area contributed by atoms with Crippen LogP contribution < -0.4 is 14.8 Å². The van der Waals surface area contributed by atoms with Crippen LogP contribution in [0.2, 0.25) is 10.0 Å². The van der Waals surface area contributed by atoms with E-state index in [4.69, 9.17) is 37.7 Å². The van der Waals surface area contributed by atoms with Crippen molar-refractivity contribution < 1.29 is 14.3 Å². The number of fused-ring (bicyclic) bond motifs is 1. The van der Waals surface area contributed by atoms with Crippen LogP contribution in [0.25, 0.3) is 0 Å². The Kier molecular flexibility index (Phi) is 8.79. The minimum Gasteiger partial charge on any atom is -0.493 e. The highest BCUT2D eigenvalue weighted by Crippen LogP contribution is 2.41. The molecule has 0 bridgehead atoms. The summed E-state index contributed by atoms with van der Waals surface area (Å²) in [7, 11) is 1.57. The van der Waals surface area contributed by atoms with Gasteiger partial charge in [0.25, 0.3) is 5.91 Å². The third-order valence-electron chi connectivity index (χ3n) is 6.74. The lowest BCUT2D eigenvalue weighted by Crippen LogP contribution is -2.15. The standard InChI is InChI=1S/C32H30Cl2N2O3S/c1-19-12-20(2)14-24(13-19)36-31(37)29-25-6-4-5-7-28(25)40-32(29)35-17-22-15-26(34)30(27(16-22)38-3)39-18-21-8-10-23(33)11-9-21/h8-17H,4-7,18H2,1-3H3,(H,36,37). The number of thiophene rings is 1. The van der Waals surface area contributed by atoms with E-state index in [1.807, 2.05) is 56.3 Å². The molecule has 0 fully saturated rings. The maximum atomic E-state index is 13.6. The van der Waals surface area contributed by atoms with Crippen LogP contribution in [-0.2, 0) is 19.4 Å². The highest BCUT2D eigenvalue weighted by Gasteiger charge is 2.25. The van der Waals surface area contributed by atoms with Gasteiger partial charge in [-0.1, -0.05) is 41.4 Å². The van der Waals surface area contributed by atoms with Crippen LogP contribution >= 0.6 is 34.5 Å². The molecule has 5 nitrogen and oxygen atoms in total. The number of ether oxygens (including phenoxy) is 2. The van der Waals surface area contributed by atoms with Crippen molar-refractivity contribution in [2.24, 2.45) is 4.99 Å². The lowest BCUT2D eigenvalue weighted by atomic mass is 9.95. The number of carbonyl (C=O) groups is 1. The van der Waals surface area contributed by atoms with Crippen molar-refractivity contribution in [1.82, 2.24) is 0 Å². The van der Waals surface area contributed by atoms with Gasteiger partial charge in [0, 0.05) is 21.8 Å². The molecule has 0 spiro atoms. The molecule has 206 valence electrons. The van der Waals surface area contributed by atoms with Gasteiger partial charge in [-0.3, -0.25) is 4.79 Å². The Hall–Kier alpha value is -3.32. The van der Waals surface area contributed by atoms with E-state index in [9.17, 15) is 4.79 Å². The number of carbonyl (C=O) groups excluding carboxylic acids is 1. The number of nitrogens with one attached hydrogen (secondary N) is 1. The van der Waals surface area contributed by atoms with Gasteiger partial charge in [-0.25, -0.2) is 4.99 Å². The summed E-state index contributed by atoms with van der Waals surface area (Å²) in [5.41, 5.74) is 6.48. The van der Waals surface area contributed by atoms with Gasteiger partial charge in [-0.15, -0.1) is 11.3 Å². The monoisotopic (exact) mass is 592 g/mol. The highest BCUT2D eigenvalue weighted by molar-refractivity contribution is 7.16. The van der Waals surface area contributed by atoms with Crippen molar-refractivity contribution in [3.63, 3.8) is 0 Å². The van der Waals surface area contributed by atoms with E-state index in [-0.39, 0.29) is 5.91 Å². The Morgan fingerprint density at radius 1 is 1.02 bits per heavy atom. The number of nitrogens with zero attached hydrogens (tertiary/aromatic N) is 1. The van der Waals surface area contributed by atoms with E-state index < -0.39 is 0 Å². The van der Waals surface area contributed by atoms with Gasteiger partial charge in [-0.2, -0.15) is 0 Å².